The van der Waals surface area contributed by atoms with Gasteiger partial charge in [-0.2, -0.15) is 5.10 Å². The van der Waals surface area contributed by atoms with E-state index in [1.165, 1.54) is 24.4 Å². The van der Waals surface area contributed by atoms with Crippen LogP contribution in [0.2, 0.25) is 0 Å². The summed E-state index contributed by atoms with van der Waals surface area (Å²) in [6, 6.07) is 10.2. The van der Waals surface area contributed by atoms with Gasteiger partial charge in [0.2, 0.25) is 0 Å². The predicted molar refractivity (Wildman–Crippen MR) is 106 cm³/mol. The highest BCUT2D eigenvalue weighted by atomic mass is 19.1. The molecule has 2 aromatic rings. The maximum atomic E-state index is 13.8. The summed E-state index contributed by atoms with van der Waals surface area (Å²) in [6.45, 7) is 5.46. The molecule has 28 heavy (non-hydrogen) atoms. The minimum Gasteiger partial charge on any atom is -0.497 e. The Labute approximate surface area is 163 Å². The molecule has 0 radical (unpaired) electrons. The average Bonchev–Trinajstić information content (AvgIpc) is 2.67. The molecule has 0 aliphatic heterocycles. The first-order valence-corrected chi connectivity index (χ1v) is 8.86. The van der Waals surface area contributed by atoms with Crippen LogP contribution in [0.5, 0.6) is 5.75 Å². The Morgan fingerprint density at radius 1 is 1.18 bits per heavy atom. The van der Waals surface area contributed by atoms with E-state index in [0.717, 1.165) is 16.9 Å². The average molecular weight is 385 g/mol. The van der Waals surface area contributed by atoms with Gasteiger partial charge >= 0.3 is 0 Å². The Balaban J connectivity index is 2.05. The highest BCUT2D eigenvalue weighted by Crippen LogP contribution is 2.15. The van der Waals surface area contributed by atoms with Crippen molar-refractivity contribution in [3.63, 3.8) is 0 Å². The van der Waals surface area contributed by atoms with E-state index in [1.807, 2.05) is 19.1 Å². The molecule has 1 unspecified atom stereocenters. The van der Waals surface area contributed by atoms with E-state index in [2.05, 4.69) is 15.8 Å². The number of nitrogens with one attached hydrogen (secondary N) is 2. The van der Waals surface area contributed by atoms with E-state index in [9.17, 15) is 14.0 Å². The Hall–Kier alpha value is -3.22. The number of hydrogen-bond donors (Lipinski definition) is 2. The molecule has 0 heterocycles. The van der Waals surface area contributed by atoms with Crippen molar-refractivity contribution >= 4 is 18.0 Å². The number of nitrogens with zero attached hydrogens (tertiary/aromatic N) is 1. The van der Waals surface area contributed by atoms with E-state index in [1.54, 1.807) is 33.1 Å². The van der Waals surface area contributed by atoms with Crippen LogP contribution in [0, 0.1) is 18.7 Å². The Morgan fingerprint density at radius 2 is 1.89 bits per heavy atom. The monoisotopic (exact) mass is 385 g/mol. The van der Waals surface area contributed by atoms with Crippen molar-refractivity contribution in [3.05, 3.63) is 65.0 Å². The third-order valence-corrected chi connectivity index (χ3v) is 4.21. The van der Waals surface area contributed by atoms with Crippen LogP contribution in [-0.4, -0.2) is 31.2 Å². The third kappa shape index (κ3) is 5.39. The molecule has 6 nitrogen and oxygen atoms in total. The second-order valence-corrected chi connectivity index (χ2v) is 6.63. The van der Waals surface area contributed by atoms with Crippen LogP contribution in [0.3, 0.4) is 0 Å². The van der Waals surface area contributed by atoms with Crippen LogP contribution in [0.4, 0.5) is 4.39 Å². The van der Waals surface area contributed by atoms with Gasteiger partial charge in [-0.15, -0.1) is 0 Å². The van der Waals surface area contributed by atoms with E-state index < -0.39 is 23.7 Å². The fourth-order valence-corrected chi connectivity index (χ4v) is 2.55. The molecule has 0 saturated carbocycles. The van der Waals surface area contributed by atoms with Crippen molar-refractivity contribution in [2.24, 2.45) is 11.0 Å². The molecule has 0 saturated heterocycles. The molecule has 1 atom stereocenters. The molecule has 2 amide bonds. The van der Waals surface area contributed by atoms with Crippen LogP contribution in [-0.2, 0) is 4.79 Å². The number of methoxy groups -OCH3 is 1. The second kappa shape index (κ2) is 9.64. The van der Waals surface area contributed by atoms with Crippen LogP contribution >= 0.6 is 0 Å². The van der Waals surface area contributed by atoms with Gasteiger partial charge in [0.15, 0.2) is 0 Å². The van der Waals surface area contributed by atoms with Crippen molar-refractivity contribution < 1.29 is 18.7 Å². The summed E-state index contributed by atoms with van der Waals surface area (Å²) < 4.78 is 18.9. The Kier molecular flexibility index (Phi) is 7.26. The number of hydrogen-bond acceptors (Lipinski definition) is 4. The van der Waals surface area contributed by atoms with Gasteiger partial charge in [-0.25, -0.2) is 9.82 Å². The summed E-state index contributed by atoms with van der Waals surface area (Å²) in [5.41, 5.74) is 4.07. The maximum absolute atomic E-state index is 13.8. The summed E-state index contributed by atoms with van der Waals surface area (Å²) in [4.78, 5) is 24.8. The van der Waals surface area contributed by atoms with Crippen LogP contribution in [0.15, 0.2) is 47.6 Å². The molecule has 0 aromatic heterocycles. The summed E-state index contributed by atoms with van der Waals surface area (Å²) in [5.74, 6) is -1.26. The fourth-order valence-electron chi connectivity index (χ4n) is 2.55. The van der Waals surface area contributed by atoms with Gasteiger partial charge in [0, 0.05) is 0 Å². The number of ether oxygens (including phenoxy) is 1. The number of rotatable bonds is 7. The molecule has 2 rings (SSSR count). The number of benzene rings is 2. The summed E-state index contributed by atoms with van der Waals surface area (Å²) in [6.07, 6.45) is 1.52. The zero-order valence-electron chi connectivity index (χ0n) is 16.3. The van der Waals surface area contributed by atoms with Gasteiger partial charge in [0.1, 0.15) is 17.6 Å². The first-order chi connectivity index (χ1) is 13.3. The molecule has 0 aliphatic carbocycles. The molecule has 148 valence electrons. The van der Waals surface area contributed by atoms with E-state index in [4.69, 9.17) is 4.74 Å². The molecule has 7 heteroatoms. The summed E-state index contributed by atoms with van der Waals surface area (Å²) >= 11 is 0. The van der Waals surface area contributed by atoms with Crippen molar-refractivity contribution in [3.8, 4) is 5.75 Å². The zero-order chi connectivity index (χ0) is 20.7. The van der Waals surface area contributed by atoms with Crippen LogP contribution in [0.25, 0.3) is 0 Å². The van der Waals surface area contributed by atoms with Gasteiger partial charge in [0.05, 0.1) is 18.9 Å². The van der Waals surface area contributed by atoms with Gasteiger partial charge in [0.25, 0.3) is 11.8 Å². The number of aryl methyl sites for hydroxylation is 1. The number of carbonyl (C=O) groups excluding carboxylic acids is 2. The lowest BCUT2D eigenvalue weighted by atomic mass is 10.0. The van der Waals surface area contributed by atoms with Crippen molar-refractivity contribution in [2.75, 3.05) is 7.11 Å². The van der Waals surface area contributed by atoms with E-state index in [0.29, 0.717) is 0 Å². The molecule has 0 spiro atoms. The van der Waals surface area contributed by atoms with Crippen molar-refractivity contribution in [1.29, 1.82) is 0 Å². The molecule has 0 fully saturated rings. The highest BCUT2D eigenvalue weighted by Gasteiger charge is 2.25. The number of carbonyl (C=O) groups is 2. The minimum atomic E-state index is -0.860. The smallest absolute Gasteiger partial charge is 0.262 e. The number of halogens is 1. The molecular weight excluding hydrogens is 361 g/mol. The fraction of sp³-hybridized carbons (Fsp3) is 0.286. The normalized spacial score (nSPS) is 12.1. The van der Waals surface area contributed by atoms with E-state index in [-0.39, 0.29) is 11.5 Å². The zero-order valence-corrected chi connectivity index (χ0v) is 16.3. The largest absolute Gasteiger partial charge is 0.497 e. The predicted octanol–water partition coefficient (Wildman–Crippen LogP) is 3.05. The Morgan fingerprint density at radius 3 is 2.50 bits per heavy atom. The number of hydrazone groups is 1. The first kappa shape index (κ1) is 21.1. The second-order valence-electron chi connectivity index (χ2n) is 6.63. The van der Waals surface area contributed by atoms with Gasteiger partial charge in [-0.05, 0) is 54.3 Å². The molecule has 0 bridgehead atoms. The molecule has 0 aliphatic rings. The molecular formula is C21H24FN3O3. The quantitative estimate of drug-likeness (QED) is 0.568. The minimum absolute atomic E-state index is 0.113. The molecule has 2 N–H and O–H groups in total. The van der Waals surface area contributed by atoms with Gasteiger partial charge in [-0.3, -0.25) is 9.59 Å². The van der Waals surface area contributed by atoms with Crippen LogP contribution < -0.4 is 15.5 Å². The first-order valence-electron chi connectivity index (χ1n) is 8.86. The third-order valence-electron chi connectivity index (χ3n) is 4.21. The standard InChI is InChI=1S/C21H24FN3O3/c1-13(2)19(24-20(26)17-7-5-6-8-18(17)22)21(27)25-23-12-15-9-10-16(28-4)11-14(15)3/h5-13,19H,1-4H3,(H,24,26)(H,25,27). The van der Waals surface area contributed by atoms with Crippen LogP contribution in [0.1, 0.15) is 35.3 Å². The lowest BCUT2D eigenvalue weighted by molar-refractivity contribution is -0.123. The Bertz CT molecular complexity index is 881. The SMILES string of the molecule is COc1ccc(C=NNC(=O)C(NC(=O)c2ccccc2F)C(C)C)c(C)c1. The number of amides is 2. The highest BCUT2D eigenvalue weighted by molar-refractivity contribution is 5.98. The lowest BCUT2D eigenvalue weighted by Gasteiger charge is -2.20. The lowest BCUT2D eigenvalue weighted by Crippen LogP contribution is -2.48. The van der Waals surface area contributed by atoms with E-state index >= 15 is 0 Å². The van der Waals surface area contributed by atoms with Crippen molar-refractivity contribution in [2.45, 2.75) is 26.8 Å². The summed E-state index contributed by atoms with van der Waals surface area (Å²) in [5, 5.41) is 6.54. The topological polar surface area (TPSA) is 79.8 Å². The van der Waals surface area contributed by atoms with Gasteiger partial charge in [-0.1, -0.05) is 26.0 Å². The summed E-state index contributed by atoms with van der Waals surface area (Å²) in [7, 11) is 1.59. The molecule has 2 aromatic carbocycles. The van der Waals surface area contributed by atoms with Gasteiger partial charge < -0.3 is 10.1 Å². The maximum Gasteiger partial charge on any atom is 0.262 e. The van der Waals surface area contributed by atoms with Crippen molar-refractivity contribution in [1.82, 2.24) is 10.7 Å².